The molecule has 100 valence electrons. The lowest BCUT2D eigenvalue weighted by molar-refractivity contribution is 0.414. The Morgan fingerprint density at radius 2 is 1.84 bits per heavy atom. The topological polar surface area (TPSA) is 21.3 Å². The Morgan fingerprint density at radius 1 is 1.05 bits per heavy atom. The van der Waals surface area contributed by atoms with Crippen LogP contribution in [-0.4, -0.2) is 14.2 Å². The third-order valence-corrected chi connectivity index (χ3v) is 3.88. The van der Waals surface area contributed by atoms with Gasteiger partial charge in [-0.25, -0.2) is 0 Å². The molecular weight excluding hydrogens is 254 g/mol. The van der Waals surface area contributed by atoms with Crippen LogP contribution in [0.25, 0.3) is 0 Å². The monoisotopic (exact) mass is 273 g/mol. The predicted octanol–water partition coefficient (Wildman–Crippen LogP) is 3.71. The van der Waals surface area contributed by atoms with Crippen LogP contribution in [0.1, 0.15) is 11.1 Å². The van der Waals surface area contributed by atoms with E-state index in [2.05, 4.69) is 41.7 Å². The molecule has 0 aliphatic carbocycles. The van der Waals surface area contributed by atoms with Gasteiger partial charge in [-0.15, -0.1) is 11.8 Å². The number of hydrogen-bond acceptors (Lipinski definition) is 3. The zero-order valence-corrected chi connectivity index (χ0v) is 12.2. The zero-order chi connectivity index (χ0) is 13.5. The molecular formula is C16H19NOS. The van der Waals surface area contributed by atoms with Gasteiger partial charge in [0.2, 0.25) is 0 Å². The van der Waals surface area contributed by atoms with Crippen molar-refractivity contribution in [2.24, 2.45) is 0 Å². The van der Waals surface area contributed by atoms with Crippen molar-refractivity contribution in [3.8, 4) is 5.75 Å². The van der Waals surface area contributed by atoms with E-state index in [-0.39, 0.29) is 0 Å². The highest BCUT2D eigenvalue weighted by molar-refractivity contribution is 7.98. The van der Waals surface area contributed by atoms with Crippen molar-refractivity contribution in [3.05, 3.63) is 59.7 Å². The van der Waals surface area contributed by atoms with E-state index < -0.39 is 0 Å². The molecule has 0 atom stereocenters. The Hall–Kier alpha value is -1.45. The molecule has 0 heterocycles. The van der Waals surface area contributed by atoms with Crippen molar-refractivity contribution >= 4 is 11.8 Å². The molecule has 0 unspecified atom stereocenters. The molecule has 0 amide bonds. The van der Waals surface area contributed by atoms with Gasteiger partial charge in [0, 0.05) is 17.2 Å². The van der Waals surface area contributed by atoms with Crippen LogP contribution >= 0.6 is 11.8 Å². The Kier molecular flexibility index (Phi) is 5.31. The first kappa shape index (κ1) is 14.0. The number of thioether (sulfide) groups is 1. The largest absolute Gasteiger partial charge is 0.497 e. The molecule has 0 aliphatic heterocycles. The van der Waals surface area contributed by atoms with Crippen LogP contribution in [-0.2, 0) is 12.3 Å². The SMILES string of the molecule is CNCc1cccc(SCc2cccc(OC)c2)c1. The van der Waals surface area contributed by atoms with Crippen LogP contribution in [0.4, 0.5) is 0 Å². The van der Waals surface area contributed by atoms with E-state index >= 15 is 0 Å². The van der Waals surface area contributed by atoms with E-state index in [4.69, 9.17) is 4.74 Å². The normalized spacial score (nSPS) is 10.4. The Labute approximate surface area is 119 Å². The van der Waals surface area contributed by atoms with Crippen molar-refractivity contribution in [2.45, 2.75) is 17.2 Å². The molecule has 0 aromatic heterocycles. The van der Waals surface area contributed by atoms with E-state index in [1.54, 1.807) is 7.11 Å². The zero-order valence-electron chi connectivity index (χ0n) is 11.3. The maximum Gasteiger partial charge on any atom is 0.119 e. The molecule has 0 radical (unpaired) electrons. The van der Waals surface area contributed by atoms with Crippen LogP contribution in [0, 0.1) is 0 Å². The molecule has 3 heteroatoms. The number of rotatable bonds is 6. The number of nitrogens with one attached hydrogen (secondary N) is 1. The van der Waals surface area contributed by atoms with E-state index in [0.29, 0.717) is 0 Å². The molecule has 2 aromatic carbocycles. The summed E-state index contributed by atoms with van der Waals surface area (Å²) < 4.78 is 5.24. The number of ether oxygens (including phenoxy) is 1. The first-order valence-corrected chi connectivity index (χ1v) is 7.29. The second-order valence-corrected chi connectivity index (χ2v) is 5.37. The third-order valence-electron chi connectivity index (χ3n) is 2.82. The summed E-state index contributed by atoms with van der Waals surface area (Å²) in [6, 6.07) is 16.9. The third kappa shape index (κ3) is 4.30. The van der Waals surface area contributed by atoms with E-state index in [9.17, 15) is 0 Å². The average molecular weight is 273 g/mol. The average Bonchev–Trinajstić information content (AvgIpc) is 2.46. The minimum absolute atomic E-state index is 0.910. The van der Waals surface area contributed by atoms with Gasteiger partial charge >= 0.3 is 0 Å². The number of hydrogen-bond donors (Lipinski definition) is 1. The highest BCUT2D eigenvalue weighted by Gasteiger charge is 1.99. The molecule has 0 saturated carbocycles. The van der Waals surface area contributed by atoms with Gasteiger partial charge in [-0.1, -0.05) is 24.3 Å². The molecule has 0 spiro atoms. The molecule has 2 nitrogen and oxygen atoms in total. The highest BCUT2D eigenvalue weighted by Crippen LogP contribution is 2.25. The van der Waals surface area contributed by atoms with Gasteiger partial charge in [-0.05, 0) is 42.4 Å². The molecule has 2 aromatic rings. The van der Waals surface area contributed by atoms with Gasteiger partial charge in [0.15, 0.2) is 0 Å². The lowest BCUT2D eigenvalue weighted by Crippen LogP contribution is -2.04. The van der Waals surface area contributed by atoms with E-state index in [1.807, 2.05) is 30.9 Å². The summed E-state index contributed by atoms with van der Waals surface area (Å²) in [5.74, 6) is 1.88. The van der Waals surface area contributed by atoms with Gasteiger partial charge < -0.3 is 10.1 Å². The van der Waals surface area contributed by atoms with Crippen LogP contribution in [0.5, 0.6) is 5.75 Å². The molecule has 19 heavy (non-hydrogen) atoms. The van der Waals surface area contributed by atoms with E-state index in [1.165, 1.54) is 16.0 Å². The standard InChI is InChI=1S/C16H19NOS/c1-17-11-13-5-4-8-16(10-13)19-12-14-6-3-7-15(9-14)18-2/h3-10,17H,11-12H2,1-2H3. The fraction of sp³-hybridized carbons (Fsp3) is 0.250. The summed E-state index contributed by atoms with van der Waals surface area (Å²) in [6.07, 6.45) is 0. The summed E-state index contributed by atoms with van der Waals surface area (Å²) in [5, 5.41) is 3.17. The summed E-state index contributed by atoms with van der Waals surface area (Å²) in [7, 11) is 3.67. The minimum Gasteiger partial charge on any atom is -0.497 e. The maximum atomic E-state index is 5.24. The maximum absolute atomic E-state index is 5.24. The molecule has 1 N–H and O–H groups in total. The summed E-state index contributed by atoms with van der Waals surface area (Å²) in [4.78, 5) is 1.30. The number of methoxy groups -OCH3 is 1. The lowest BCUT2D eigenvalue weighted by Gasteiger charge is -2.06. The summed E-state index contributed by atoms with van der Waals surface area (Å²) >= 11 is 1.85. The van der Waals surface area contributed by atoms with Crippen LogP contribution in [0.3, 0.4) is 0 Å². The fourth-order valence-corrected chi connectivity index (χ4v) is 2.80. The molecule has 0 fully saturated rings. The Morgan fingerprint density at radius 3 is 2.63 bits per heavy atom. The molecule has 0 bridgehead atoms. The van der Waals surface area contributed by atoms with Gasteiger partial charge in [-0.2, -0.15) is 0 Å². The Bertz CT molecular complexity index is 528. The van der Waals surface area contributed by atoms with Crippen molar-refractivity contribution in [1.29, 1.82) is 0 Å². The van der Waals surface area contributed by atoms with Crippen LogP contribution in [0.2, 0.25) is 0 Å². The van der Waals surface area contributed by atoms with Crippen LogP contribution < -0.4 is 10.1 Å². The van der Waals surface area contributed by atoms with Crippen molar-refractivity contribution in [3.63, 3.8) is 0 Å². The smallest absolute Gasteiger partial charge is 0.119 e. The molecule has 0 saturated heterocycles. The molecule has 0 aliphatic rings. The molecule has 2 rings (SSSR count). The second kappa shape index (κ2) is 7.22. The minimum atomic E-state index is 0.910. The summed E-state index contributed by atoms with van der Waals surface area (Å²) in [5.41, 5.74) is 2.60. The first-order chi connectivity index (χ1) is 9.31. The van der Waals surface area contributed by atoms with Gasteiger partial charge in [0.25, 0.3) is 0 Å². The van der Waals surface area contributed by atoms with Crippen molar-refractivity contribution in [1.82, 2.24) is 5.32 Å². The Balaban J connectivity index is 1.99. The lowest BCUT2D eigenvalue weighted by atomic mass is 10.2. The summed E-state index contributed by atoms with van der Waals surface area (Å²) in [6.45, 7) is 0.910. The van der Waals surface area contributed by atoms with E-state index in [0.717, 1.165) is 18.0 Å². The quantitative estimate of drug-likeness (QED) is 0.811. The van der Waals surface area contributed by atoms with Crippen molar-refractivity contribution in [2.75, 3.05) is 14.2 Å². The van der Waals surface area contributed by atoms with Crippen LogP contribution in [0.15, 0.2) is 53.4 Å². The first-order valence-electron chi connectivity index (χ1n) is 6.31. The predicted molar refractivity (Wildman–Crippen MR) is 81.8 cm³/mol. The van der Waals surface area contributed by atoms with Gasteiger partial charge in [0.1, 0.15) is 5.75 Å². The number of benzene rings is 2. The fourth-order valence-electron chi connectivity index (χ4n) is 1.88. The second-order valence-electron chi connectivity index (χ2n) is 4.32. The van der Waals surface area contributed by atoms with Gasteiger partial charge in [0.05, 0.1) is 7.11 Å². The van der Waals surface area contributed by atoms with Crippen molar-refractivity contribution < 1.29 is 4.74 Å². The highest BCUT2D eigenvalue weighted by atomic mass is 32.2. The van der Waals surface area contributed by atoms with Gasteiger partial charge in [-0.3, -0.25) is 0 Å².